The van der Waals surface area contributed by atoms with Crippen LogP contribution in [0.5, 0.6) is 0 Å². The van der Waals surface area contributed by atoms with Crippen molar-refractivity contribution in [2.45, 2.75) is 32.6 Å². The summed E-state index contributed by atoms with van der Waals surface area (Å²) in [6.07, 6.45) is 1.72. The van der Waals surface area contributed by atoms with Crippen molar-refractivity contribution in [1.29, 1.82) is 0 Å². The molecule has 1 aliphatic carbocycles. The molecule has 0 heterocycles. The molecule has 14 heavy (non-hydrogen) atoms. The Hall–Kier alpha value is -1.11. The summed E-state index contributed by atoms with van der Waals surface area (Å²) in [6.45, 7) is 4.35. The fraction of sp³-hybridized carbons (Fsp3) is 0.462. The van der Waals surface area contributed by atoms with Gasteiger partial charge in [-0.2, -0.15) is 0 Å². The van der Waals surface area contributed by atoms with Crippen LogP contribution in [-0.2, 0) is 4.79 Å². The Morgan fingerprint density at radius 1 is 1.21 bits per heavy atom. The second-order valence-corrected chi connectivity index (χ2v) is 4.97. The average molecular weight is 188 g/mol. The van der Waals surface area contributed by atoms with Crippen molar-refractivity contribution in [1.82, 2.24) is 0 Å². The number of rotatable bonds is 1. The number of ketones is 1. The first-order valence-electron chi connectivity index (χ1n) is 5.16. The van der Waals surface area contributed by atoms with E-state index in [9.17, 15) is 4.79 Å². The highest BCUT2D eigenvalue weighted by atomic mass is 16.1. The topological polar surface area (TPSA) is 17.1 Å². The molecule has 0 amide bonds. The maximum Gasteiger partial charge on any atom is 0.140 e. The number of carbonyl (C=O) groups excluding carboxylic acids is 1. The van der Waals surface area contributed by atoms with Gasteiger partial charge in [0.1, 0.15) is 5.78 Å². The zero-order chi connectivity index (χ0) is 10.2. The lowest BCUT2D eigenvalue weighted by Gasteiger charge is -2.15. The highest BCUT2D eigenvalue weighted by Gasteiger charge is 2.38. The van der Waals surface area contributed by atoms with E-state index in [0.717, 1.165) is 12.8 Å². The molecule has 2 rings (SSSR count). The molecule has 0 spiro atoms. The third-order valence-corrected chi connectivity index (χ3v) is 3.00. The van der Waals surface area contributed by atoms with E-state index in [1.807, 2.05) is 18.2 Å². The van der Waals surface area contributed by atoms with E-state index in [1.165, 1.54) is 5.56 Å². The molecule has 1 fully saturated rings. The lowest BCUT2D eigenvalue weighted by atomic mass is 9.88. The van der Waals surface area contributed by atoms with E-state index in [4.69, 9.17) is 0 Å². The summed E-state index contributed by atoms with van der Waals surface area (Å²) in [4.78, 5) is 11.8. The van der Waals surface area contributed by atoms with E-state index in [2.05, 4.69) is 26.0 Å². The number of Topliss-reactive ketones (excluding diaryl/α,β-unsaturated/α-hetero) is 1. The van der Waals surface area contributed by atoms with E-state index in [-0.39, 0.29) is 11.3 Å². The minimum atomic E-state index is 0.145. The average Bonchev–Trinajstić information content (AvgIpc) is 2.41. The minimum Gasteiger partial charge on any atom is -0.299 e. The summed E-state index contributed by atoms with van der Waals surface area (Å²) < 4.78 is 0. The van der Waals surface area contributed by atoms with Crippen LogP contribution in [0.2, 0.25) is 0 Å². The summed E-state index contributed by atoms with van der Waals surface area (Å²) in [5.41, 5.74) is 1.38. The Balaban J connectivity index is 2.26. The van der Waals surface area contributed by atoms with Gasteiger partial charge in [0.15, 0.2) is 0 Å². The van der Waals surface area contributed by atoms with Gasteiger partial charge in [-0.05, 0) is 17.4 Å². The normalized spacial score (nSPS) is 25.3. The summed E-state index contributed by atoms with van der Waals surface area (Å²) in [5.74, 6) is 0.549. The van der Waals surface area contributed by atoms with Crippen LogP contribution in [0.3, 0.4) is 0 Å². The van der Waals surface area contributed by atoms with Crippen LogP contribution in [-0.4, -0.2) is 5.78 Å². The van der Waals surface area contributed by atoms with Crippen LogP contribution >= 0.6 is 0 Å². The van der Waals surface area contributed by atoms with Crippen molar-refractivity contribution in [2.24, 2.45) is 5.41 Å². The zero-order valence-corrected chi connectivity index (χ0v) is 8.79. The van der Waals surface area contributed by atoms with Crippen molar-refractivity contribution in [3.05, 3.63) is 35.9 Å². The Labute approximate surface area is 85.1 Å². The Morgan fingerprint density at radius 3 is 2.36 bits per heavy atom. The summed E-state index contributed by atoms with van der Waals surface area (Å²) >= 11 is 0. The quantitative estimate of drug-likeness (QED) is 0.661. The Bertz CT molecular complexity index is 338. The summed E-state index contributed by atoms with van der Waals surface area (Å²) in [7, 11) is 0. The molecule has 1 nitrogen and oxygen atoms in total. The van der Waals surface area contributed by atoms with Gasteiger partial charge in [0.05, 0.1) is 0 Å². The molecule has 1 aromatic rings. The van der Waals surface area contributed by atoms with Gasteiger partial charge < -0.3 is 0 Å². The van der Waals surface area contributed by atoms with Crippen molar-refractivity contribution in [2.75, 3.05) is 0 Å². The van der Waals surface area contributed by atoms with E-state index in [0.29, 0.717) is 5.78 Å². The SMILES string of the molecule is CC1(C)CC(=O)C(c2ccccc2)C1. The van der Waals surface area contributed by atoms with Crippen molar-refractivity contribution in [3.8, 4) is 0 Å². The smallest absolute Gasteiger partial charge is 0.140 e. The fourth-order valence-electron chi connectivity index (χ4n) is 2.32. The van der Waals surface area contributed by atoms with Gasteiger partial charge in [0.2, 0.25) is 0 Å². The molecule has 0 bridgehead atoms. The van der Waals surface area contributed by atoms with E-state index in [1.54, 1.807) is 0 Å². The first-order valence-corrected chi connectivity index (χ1v) is 5.16. The van der Waals surface area contributed by atoms with Gasteiger partial charge in [-0.25, -0.2) is 0 Å². The number of carbonyl (C=O) groups is 1. The molecule has 0 N–H and O–H groups in total. The monoisotopic (exact) mass is 188 g/mol. The molecule has 1 unspecified atom stereocenters. The second kappa shape index (κ2) is 3.23. The van der Waals surface area contributed by atoms with Crippen LogP contribution in [0, 0.1) is 5.41 Å². The Kier molecular flexibility index (Phi) is 2.18. The maximum atomic E-state index is 11.8. The number of hydrogen-bond acceptors (Lipinski definition) is 1. The maximum absolute atomic E-state index is 11.8. The van der Waals surface area contributed by atoms with Gasteiger partial charge in [0.25, 0.3) is 0 Å². The minimum absolute atomic E-state index is 0.145. The molecular weight excluding hydrogens is 172 g/mol. The Morgan fingerprint density at radius 2 is 1.86 bits per heavy atom. The molecule has 74 valence electrons. The molecule has 0 saturated heterocycles. The molecule has 1 aromatic carbocycles. The first kappa shape index (κ1) is 9.45. The van der Waals surface area contributed by atoms with Crippen molar-refractivity contribution in [3.63, 3.8) is 0 Å². The molecule has 1 heteroatoms. The van der Waals surface area contributed by atoms with Crippen molar-refractivity contribution < 1.29 is 4.79 Å². The molecule has 0 radical (unpaired) electrons. The van der Waals surface area contributed by atoms with E-state index >= 15 is 0 Å². The highest BCUT2D eigenvalue weighted by molar-refractivity contribution is 5.88. The summed E-state index contributed by atoms with van der Waals surface area (Å²) in [5, 5.41) is 0. The van der Waals surface area contributed by atoms with Gasteiger partial charge >= 0.3 is 0 Å². The molecule has 0 aromatic heterocycles. The predicted octanol–water partition coefficient (Wildman–Crippen LogP) is 3.16. The molecular formula is C13H16O. The van der Waals surface area contributed by atoms with Crippen molar-refractivity contribution >= 4 is 5.78 Å². The van der Waals surface area contributed by atoms with Gasteiger partial charge in [-0.15, -0.1) is 0 Å². The summed E-state index contributed by atoms with van der Waals surface area (Å²) in [6, 6.07) is 10.1. The molecule has 1 atom stereocenters. The lowest BCUT2D eigenvalue weighted by molar-refractivity contribution is -0.119. The van der Waals surface area contributed by atoms with Crippen LogP contribution in [0.15, 0.2) is 30.3 Å². The van der Waals surface area contributed by atoms with Crippen LogP contribution in [0.1, 0.15) is 38.2 Å². The standard InChI is InChI=1S/C13H16O/c1-13(2)8-11(12(14)9-13)10-6-4-3-5-7-10/h3-7,11H,8-9H2,1-2H3. The van der Waals surface area contributed by atoms with Gasteiger partial charge in [-0.3, -0.25) is 4.79 Å². The molecule has 1 aliphatic rings. The van der Waals surface area contributed by atoms with Crippen LogP contribution < -0.4 is 0 Å². The van der Waals surface area contributed by atoms with Gasteiger partial charge in [0, 0.05) is 12.3 Å². The number of hydrogen-bond donors (Lipinski definition) is 0. The number of benzene rings is 1. The molecule has 1 saturated carbocycles. The lowest BCUT2D eigenvalue weighted by Crippen LogP contribution is -2.04. The highest BCUT2D eigenvalue weighted by Crippen LogP contribution is 2.43. The second-order valence-electron chi connectivity index (χ2n) is 4.97. The van der Waals surface area contributed by atoms with E-state index < -0.39 is 0 Å². The predicted molar refractivity (Wildman–Crippen MR) is 57.2 cm³/mol. The van der Waals surface area contributed by atoms with Crippen LogP contribution in [0.4, 0.5) is 0 Å². The van der Waals surface area contributed by atoms with Gasteiger partial charge in [-0.1, -0.05) is 44.2 Å². The molecule has 0 aliphatic heterocycles. The third kappa shape index (κ3) is 1.72. The fourth-order valence-corrected chi connectivity index (χ4v) is 2.32. The third-order valence-electron chi connectivity index (χ3n) is 3.00. The first-order chi connectivity index (χ1) is 6.58. The largest absolute Gasteiger partial charge is 0.299 e. The zero-order valence-electron chi connectivity index (χ0n) is 8.79. The van der Waals surface area contributed by atoms with Crippen LogP contribution in [0.25, 0.3) is 0 Å².